The van der Waals surface area contributed by atoms with Crippen molar-refractivity contribution < 1.29 is 13.9 Å². The predicted octanol–water partition coefficient (Wildman–Crippen LogP) is 2.87. The number of hydrogen-bond donors (Lipinski definition) is 1. The third-order valence-electron chi connectivity index (χ3n) is 2.76. The molecule has 2 aromatic carbocycles. The number of rotatable bonds is 4. The minimum Gasteiger partial charge on any atom is -0.495 e. The van der Waals surface area contributed by atoms with E-state index in [-0.39, 0.29) is 12.2 Å². The van der Waals surface area contributed by atoms with Gasteiger partial charge in [-0.25, -0.2) is 4.39 Å². The van der Waals surface area contributed by atoms with E-state index in [1.54, 1.807) is 30.3 Å². The van der Waals surface area contributed by atoms with E-state index in [9.17, 15) is 4.39 Å². The van der Waals surface area contributed by atoms with E-state index in [0.29, 0.717) is 22.7 Å². The second kappa shape index (κ2) is 5.93. The quantitative estimate of drug-likeness (QED) is 0.869. The van der Waals surface area contributed by atoms with Gasteiger partial charge in [-0.15, -0.1) is 0 Å². The Morgan fingerprint density at radius 2 is 2.05 bits per heavy atom. The van der Waals surface area contributed by atoms with Crippen LogP contribution in [0.3, 0.4) is 0 Å². The molecule has 0 saturated heterocycles. The molecule has 0 unspecified atom stereocenters. The fourth-order valence-electron chi connectivity index (χ4n) is 1.72. The molecular weight excluding hydrogens is 259 g/mol. The molecular formula is C15H13FN2O2. The van der Waals surface area contributed by atoms with Crippen LogP contribution < -0.4 is 15.2 Å². The van der Waals surface area contributed by atoms with Crippen LogP contribution in [0.4, 0.5) is 10.1 Å². The largest absolute Gasteiger partial charge is 0.495 e. The molecule has 0 heterocycles. The van der Waals surface area contributed by atoms with Crippen molar-refractivity contribution in [1.82, 2.24) is 0 Å². The summed E-state index contributed by atoms with van der Waals surface area (Å²) >= 11 is 0. The summed E-state index contributed by atoms with van der Waals surface area (Å²) in [5.74, 6) is 0.613. The Bertz CT molecular complexity index is 665. The van der Waals surface area contributed by atoms with E-state index in [1.165, 1.54) is 19.2 Å². The highest BCUT2D eigenvalue weighted by atomic mass is 19.1. The first-order chi connectivity index (χ1) is 9.63. The van der Waals surface area contributed by atoms with Gasteiger partial charge in [-0.3, -0.25) is 0 Å². The van der Waals surface area contributed by atoms with Gasteiger partial charge < -0.3 is 15.2 Å². The van der Waals surface area contributed by atoms with Crippen molar-refractivity contribution in [3.63, 3.8) is 0 Å². The highest BCUT2D eigenvalue weighted by Crippen LogP contribution is 2.26. The smallest absolute Gasteiger partial charge is 0.142 e. The number of ether oxygens (including phenoxy) is 2. The van der Waals surface area contributed by atoms with Crippen LogP contribution >= 0.6 is 0 Å². The summed E-state index contributed by atoms with van der Waals surface area (Å²) in [5.41, 5.74) is 6.95. The number of anilines is 1. The second-order valence-electron chi connectivity index (χ2n) is 4.12. The van der Waals surface area contributed by atoms with Crippen LogP contribution in [-0.4, -0.2) is 7.11 Å². The Morgan fingerprint density at radius 3 is 2.70 bits per heavy atom. The van der Waals surface area contributed by atoms with Gasteiger partial charge in [0.1, 0.15) is 30.0 Å². The van der Waals surface area contributed by atoms with Gasteiger partial charge >= 0.3 is 0 Å². The monoisotopic (exact) mass is 272 g/mol. The van der Waals surface area contributed by atoms with Gasteiger partial charge in [-0.1, -0.05) is 6.07 Å². The van der Waals surface area contributed by atoms with Crippen LogP contribution in [0.1, 0.15) is 11.1 Å². The van der Waals surface area contributed by atoms with Crippen LogP contribution in [0.5, 0.6) is 11.5 Å². The summed E-state index contributed by atoms with van der Waals surface area (Å²) in [4.78, 5) is 0. The lowest BCUT2D eigenvalue weighted by Crippen LogP contribution is -1.98. The molecule has 102 valence electrons. The molecule has 2 N–H and O–H groups in total. The summed E-state index contributed by atoms with van der Waals surface area (Å²) < 4.78 is 23.8. The maximum absolute atomic E-state index is 13.2. The molecule has 2 rings (SSSR count). The van der Waals surface area contributed by atoms with Gasteiger partial charge in [0.2, 0.25) is 0 Å². The number of nitriles is 1. The van der Waals surface area contributed by atoms with Crippen LogP contribution in [0.15, 0.2) is 36.4 Å². The van der Waals surface area contributed by atoms with Crippen LogP contribution in [0.2, 0.25) is 0 Å². The first-order valence-electron chi connectivity index (χ1n) is 5.89. The van der Waals surface area contributed by atoms with Crippen molar-refractivity contribution in [2.24, 2.45) is 0 Å². The minimum absolute atomic E-state index is 0.000319. The normalized spacial score (nSPS) is 9.85. The molecule has 0 aromatic heterocycles. The number of methoxy groups -OCH3 is 1. The Labute approximate surface area is 116 Å². The molecule has 0 fully saturated rings. The number of halogens is 1. The fraction of sp³-hybridized carbons (Fsp3) is 0.133. The molecule has 0 aliphatic carbocycles. The lowest BCUT2D eigenvalue weighted by molar-refractivity contribution is 0.305. The van der Waals surface area contributed by atoms with Crippen LogP contribution in [0, 0.1) is 17.1 Å². The molecule has 0 bridgehead atoms. The topological polar surface area (TPSA) is 68.3 Å². The first-order valence-corrected chi connectivity index (χ1v) is 5.89. The van der Waals surface area contributed by atoms with Crippen molar-refractivity contribution >= 4 is 5.69 Å². The third-order valence-corrected chi connectivity index (χ3v) is 2.76. The van der Waals surface area contributed by atoms with E-state index in [0.717, 1.165) is 0 Å². The second-order valence-corrected chi connectivity index (χ2v) is 4.12. The zero-order chi connectivity index (χ0) is 14.5. The fourth-order valence-corrected chi connectivity index (χ4v) is 1.72. The molecule has 0 aliphatic heterocycles. The average molecular weight is 272 g/mol. The van der Waals surface area contributed by atoms with Crippen molar-refractivity contribution in [3.8, 4) is 17.6 Å². The molecule has 0 aliphatic rings. The van der Waals surface area contributed by atoms with Crippen LogP contribution in [-0.2, 0) is 6.61 Å². The third kappa shape index (κ3) is 2.98. The van der Waals surface area contributed by atoms with Crippen molar-refractivity contribution in [3.05, 3.63) is 53.3 Å². The van der Waals surface area contributed by atoms with E-state index in [1.807, 2.05) is 0 Å². The summed E-state index contributed by atoms with van der Waals surface area (Å²) in [7, 11) is 1.54. The maximum Gasteiger partial charge on any atom is 0.142 e. The molecule has 0 spiro atoms. The average Bonchev–Trinajstić information content (AvgIpc) is 2.46. The Balaban J connectivity index is 2.09. The highest BCUT2D eigenvalue weighted by molar-refractivity contribution is 5.56. The molecule has 5 heteroatoms. The molecule has 4 nitrogen and oxygen atoms in total. The molecule has 20 heavy (non-hydrogen) atoms. The minimum atomic E-state index is -0.537. The predicted molar refractivity (Wildman–Crippen MR) is 72.9 cm³/mol. The molecule has 0 saturated carbocycles. The van der Waals surface area contributed by atoms with Gasteiger partial charge in [0, 0.05) is 6.07 Å². The first kappa shape index (κ1) is 13.7. The summed E-state index contributed by atoms with van der Waals surface area (Å²) in [6.07, 6.45) is 0. The number of hydrogen-bond acceptors (Lipinski definition) is 4. The van der Waals surface area contributed by atoms with Crippen LogP contribution in [0.25, 0.3) is 0 Å². The lowest BCUT2D eigenvalue weighted by Gasteiger charge is -2.09. The van der Waals surface area contributed by atoms with Gasteiger partial charge in [-0.05, 0) is 29.8 Å². The molecule has 2 aromatic rings. The van der Waals surface area contributed by atoms with Crippen molar-refractivity contribution in [1.29, 1.82) is 5.26 Å². The van der Waals surface area contributed by atoms with Crippen molar-refractivity contribution in [2.45, 2.75) is 6.61 Å². The standard InChI is InChI=1S/C15H13FN2O2/c1-19-15-5-3-12(7-14(15)18)20-9-10-2-4-13(16)11(6-10)8-17/h2-7H,9,18H2,1H3. The van der Waals surface area contributed by atoms with Crippen molar-refractivity contribution in [2.75, 3.05) is 12.8 Å². The zero-order valence-corrected chi connectivity index (χ0v) is 10.9. The van der Waals surface area contributed by atoms with Gasteiger partial charge in [-0.2, -0.15) is 5.26 Å². The Kier molecular flexibility index (Phi) is 4.06. The van der Waals surface area contributed by atoms with E-state index in [2.05, 4.69) is 0 Å². The molecule has 0 amide bonds. The summed E-state index contributed by atoms with van der Waals surface area (Å²) in [6.45, 7) is 0.223. The van der Waals surface area contributed by atoms with E-state index in [4.69, 9.17) is 20.5 Å². The Hall–Kier alpha value is -2.74. The summed E-state index contributed by atoms with van der Waals surface area (Å²) in [5, 5.41) is 8.76. The number of benzene rings is 2. The van der Waals surface area contributed by atoms with Gasteiger partial charge in [0.25, 0.3) is 0 Å². The lowest BCUT2D eigenvalue weighted by atomic mass is 10.1. The summed E-state index contributed by atoms with van der Waals surface area (Å²) in [6, 6.07) is 11.2. The Morgan fingerprint density at radius 1 is 1.25 bits per heavy atom. The van der Waals surface area contributed by atoms with Gasteiger partial charge in [0.05, 0.1) is 18.4 Å². The van der Waals surface area contributed by atoms with Gasteiger partial charge in [0.15, 0.2) is 0 Å². The number of nitrogens with zero attached hydrogens (tertiary/aromatic N) is 1. The number of nitrogens with two attached hydrogens (primary N) is 1. The SMILES string of the molecule is COc1ccc(OCc2ccc(F)c(C#N)c2)cc1N. The zero-order valence-electron chi connectivity index (χ0n) is 10.9. The molecule has 0 atom stereocenters. The van der Waals surface area contributed by atoms with E-state index >= 15 is 0 Å². The molecule has 0 radical (unpaired) electrons. The highest BCUT2D eigenvalue weighted by Gasteiger charge is 2.05. The maximum atomic E-state index is 13.2. The van der Waals surface area contributed by atoms with E-state index < -0.39 is 5.82 Å². The number of nitrogen functional groups attached to an aromatic ring is 1.